The van der Waals surface area contributed by atoms with Crippen LogP contribution in [0.1, 0.15) is 22.9 Å². The van der Waals surface area contributed by atoms with E-state index in [2.05, 4.69) is 5.32 Å². The van der Waals surface area contributed by atoms with Crippen molar-refractivity contribution in [1.82, 2.24) is 5.32 Å². The third-order valence-electron chi connectivity index (χ3n) is 2.90. The van der Waals surface area contributed by atoms with Crippen LogP contribution in [0, 0.1) is 0 Å². The Morgan fingerprint density at radius 3 is 2.63 bits per heavy atom. The molecule has 2 rings (SSSR count). The van der Waals surface area contributed by atoms with Crippen molar-refractivity contribution >= 4 is 17.2 Å². The molecule has 0 aliphatic heterocycles. The maximum absolute atomic E-state index is 11.9. The smallest absolute Gasteiger partial charge is 0.220 e. The zero-order valence-electron chi connectivity index (χ0n) is 10.6. The van der Waals surface area contributed by atoms with E-state index in [1.165, 1.54) is 4.88 Å². The largest absolute Gasteiger partial charge is 0.394 e. The number of aliphatic hydroxyl groups excluding tert-OH is 1. The molecule has 3 nitrogen and oxygen atoms in total. The zero-order valence-corrected chi connectivity index (χ0v) is 11.4. The fourth-order valence-electron chi connectivity index (χ4n) is 1.88. The minimum Gasteiger partial charge on any atom is -0.394 e. The number of hydrogen-bond acceptors (Lipinski definition) is 3. The van der Waals surface area contributed by atoms with Crippen molar-refractivity contribution in [3.63, 3.8) is 0 Å². The molecule has 1 atom stereocenters. The SMILES string of the molecule is O=C(CCc1cccs1)NC(CO)c1ccccc1. The van der Waals surface area contributed by atoms with E-state index in [1.807, 2.05) is 47.8 Å². The Balaban J connectivity index is 1.86. The molecule has 0 bridgehead atoms. The summed E-state index contributed by atoms with van der Waals surface area (Å²) < 4.78 is 0. The Morgan fingerprint density at radius 2 is 2.00 bits per heavy atom. The fraction of sp³-hybridized carbons (Fsp3) is 0.267. The first-order chi connectivity index (χ1) is 9.29. The van der Waals surface area contributed by atoms with Crippen molar-refractivity contribution in [3.8, 4) is 0 Å². The summed E-state index contributed by atoms with van der Waals surface area (Å²) in [4.78, 5) is 13.1. The van der Waals surface area contributed by atoms with Gasteiger partial charge in [0.2, 0.25) is 5.91 Å². The lowest BCUT2D eigenvalue weighted by Gasteiger charge is -2.16. The highest BCUT2D eigenvalue weighted by Gasteiger charge is 2.13. The van der Waals surface area contributed by atoms with Crippen LogP contribution in [0.4, 0.5) is 0 Å². The molecule has 19 heavy (non-hydrogen) atoms. The molecule has 1 amide bonds. The molecule has 0 aliphatic rings. The van der Waals surface area contributed by atoms with Gasteiger partial charge in [-0.3, -0.25) is 4.79 Å². The molecular formula is C15H17NO2S. The first-order valence-corrected chi connectivity index (χ1v) is 7.15. The number of aliphatic hydroxyl groups is 1. The fourth-order valence-corrected chi connectivity index (χ4v) is 2.59. The van der Waals surface area contributed by atoms with Crippen LogP contribution in [0.15, 0.2) is 47.8 Å². The molecule has 0 radical (unpaired) electrons. The highest BCUT2D eigenvalue weighted by molar-refractivity contribution is 7.09. The van der Waals surface area contributed by atoms with Gasteiger partial charge in [0, 0.05) is 11.3 Å². The maximum atomic E-state index is 11.9. The molecule has 1 aromatic heterocycles. The Labute approximate surface area is 116 Å². The van der Waals surface area contributed by atoms with E-state index in [0.717, 1.165) is 12.0 Å². The van der Waals surface area contributed by atoms with Gasteiger partial charge in [-0.05, 0) is 23.4 Å². The predicted molar refractivity (Wildman–Crippen MR) is 77.1 cm³/mol. The van der Waals surface area contributed by atoms with E-state index in [9.17, 15) is 9.90 Å². The van der Waals surface area contributed by atoms with Gasteiger partial charge < -0.3 is 10.4 Å². The molecule has 1 unspecified atom stereocenters. The van der Waals surface area contributed by atoms with Crippen LogP contribution in [0.3, 0.4) is 0 Å². The molecule has 0 aliphatic carbocycles. The highest BCUT2D eigenvalue weighted by Crippen LogP contribution is 2.13. The first kappa shape index (κ1) is 13.8. The quantitative estimate of drug-likeness (QED) is 0.851. The van der Waals surface area contributed by atoms with Crippen LogP contribution in [0.25, 0.3) is 0 Å². The lowest BCUT2D eigenvalue weighted by Crippen LogP contribution is -2.30. The monoisotopic (exact) mass is 275 g/mol. The Bertz CT molecular complexity index is 496. The number of rotatable bonds is 6. The topological polar surface area (TPSA) is 49.3 Å². The van der Waals surface area contributed by atoms with Gasteiger partial charge in [0.1, 0.15) is 0 Å². The maximum Gasteiger partial charge on any atom is 0.220 e. The summed E-state index contributed by atoms with van der Waals surface area (Å²) in [6.45, 7) is -0.0885. The molecule has 4 heteroatoms. The van der Waals surface area contributed by atoms with Gasteiger partial charge in [0.05, 0.1) is 12.6 Å². The average Bonchev–Trinajstić information content (AvgIpc) is 2.97. The summed E-state index contributed by atoms with van der Waals surface area (Å²) in [6.07, 6.45) is 1.19. The molecule has 100 valence electrons. The lowest BCUT2D eigenvalue weighted by atomic mass is 10.1. The summed E-state index contributed by atoms with van der Waals surface area (Å²) in [6, 6.07) is 13.2. The van der Waals surface area contributed by atoms with Gasteiger partial charge in [0.25, 0.3) is 0 Å². The Morgan fingerprint density at radius 1 is 1.21 bits per heavy atom. The average molecular weight is 275 g/mol. The van der Waals surface area contributed by atoms with Gasteiger partial charge in [-0.2, -0.15) is 0 Å². The van der Waals surface area contributed by atoms with E-state index < -0.39 is 0 Å². The van der Waals surface area contributed by atoms with Crippen LogP contribution in [-0.2, 0) is 11.2 Å². The second-order valence-corrected chi connectivity index (χ2v) is 5.32. The molecule has 2 aromatic rings. The van der Waals surface area contributed by atoms with E-state index >= 15 is 0 Å². The van der Waals surface area contributed by atoms with Crippen LogP contribution >= 0.6 is 11.3 Å². The Kier molecular flexibility index (Phi) is 5.12. The highest BCUT2D eigenvalue weighted by atomic mass is 32.1. The lowest BCUT2D eigenvalue weighted by molar-refractivity contribution is -0.122. The molecule has 0 saturated carbocycles. The van der Waals surface area contributed by atoms with E-state index in [-0.39, 0.29) is 18.6 Å². The molecule has 0 fully saturated rings. The van der Waals surface area contributed by atoms with Crippen molar-refractivity contribution in [1.29, 1.82) is 0 Å². The van der Waals surface area contributed by atoms with Crippen LogP contribution in [0.2, 0.25) is 0 Å². The van der Waals surface area contributed by atoms with E-state index in [1.54, 1.807) is 11.3 Å². The third kappa shape index (κ3) is 4.19. The van der Waals surface area contributed by atoms with Crippen LogP contribution < -0.4 is 5.32 Å². The Hall–Kier alpha value is -1.65. The molecular weight excluding hydrogens is 258 g/mol. The molecule has 2 N–H and O–H groups in total. The summed E-state index contributed by atoms with van der Waals surface area (Å²) in [5.41, 5.74) is 0.925. The normalized spacial score (nSPS) is 12.1. The molecule has 1 aromatic carbocycles. The number of carbonyl (C=O) groups excluding carboxylic acids is 1. The van der Waals surface area contributed by atoms with Crippen molar-refractivity contribution in [2.45, 2.75) is 18.9 Å². The number of aryl methyl sites for hydroxylation is 1. The summed E-state index contributed by atoms with van der Waals surface area (Å²) in [5.74, 6) is -0.0312. The molecule has 1 heterocycles. The number of benzene rings is 1. The second-order valence-electron chi connectivity index (χ2n) is 4.29. The van der Waals surface area contributed by atoms with Gasteiger partial charge in [-0.1, -0.05) is 36.4 Å². The predicted octanol–water partition coefficient (Wildman–Crippen LogP) is 2.53. The molecule has 0 spiro atoms. The van der Waals surface area contributed by atoms with Crippen LogP contribution in [0.5, 0.6) is 0 Å². The minimum atomic E-state index is -0.322. The first-order valence-electron chi connectivity index (χ1n) is 6.27. The molecule has 0 saturated heterocycles. The van der Waals surface area contributed by atoms with Gasteiger partial charge in [-0.15, -0.1) is 11.3 Å². The van der Waals surface area contributed by atoms with Gasteiger partial charge in [-0.25, -0.2) is 0 Å². The van der Waals surface area contributed by atoms with Crippen molar-refractivity contribution in [3.05, 3.63) is 58.3 Å². The van der Waals surface area contributed by atoms with E-state index in [0.29, 0.717) is 6.42 Å². The number of hydrogen-bond donors (Lipinski definition) is 2. The summed E-state index contributed by atoms with van der Waals surface area (Å²) >= 11 is 1.66. The second kappa shape index (κ2) is 7.07. The van der Waals surface area contributed by atoms with Crippen LogP contribution in [-0.4, -0.2) is 17.6 Å². The number of amides is 1. The number of thiophene rings is 1. The minimum absolute atomic E-state index is 0.0312. The van der Waals surface area contributed by atoms with Gasteiger partial charge in [0.15, 0.2) is 0 Å². The summed E-state index contributed by atoms with van der Waals surface area (Å²) in [7, 11) is 0. The zero-order chi connectivity index (χ0) is 13.5. The number of carbonyl (C=O) groups is 1. The number of nitrogens with one attached hydrogen (secondary N) is 1. The standard InChI is InChI=1S/C15H17NO2S/c17-11-14(12-5-2-1-3-6-12)16-15(18)9-8-13-7-4-10-19-13/h1-7,10,14,17H,8-9,11H2,(H,16,18). The van der Waals surface area contributed by atoms with Crippen molar-refractivity contribution in [2.75, 3.05) is 6.61 Å². The summed E-state index contributed by atoms with van der Waals surface area (Å²) in [5, 5.41) is 14.2. The van der Waals surface area contributed by atoms with Gasteiger partial charge >= 0.3 is 0 Å². The third-order valence-corrected chi connectivity index (χ3v) is 3.83. The van der Waals surface area contributed by atoms with Crippen molar-refractivity contribution < 1.29 is 9.90 Å². The van der Waals surface area contributed by atoms with Crippen molar-refractivity contribution in [2.24, 2.45) is 0 Å². The van der Waals surface area contributed by atoms with E-state index in [4.69, 9.17) is 0 Å².